The van der Waals surface area contributed by atoms with Gasteiger partial charge in [-0.25, -0.2) is 9.59 Å². The molecule has 0 aliphatic carbocycles. The number of nitrogens with zero attached hydrogens (tertiary/aromatic N) is 3. The second kappa shape index (κ2) is 6.88. The highest BCUT2D eigenvalue weighted by atomic mass is 16.4. The Hall–Kier alpha value is -2.12. The molecule has 112 valence electrons. The van der Waals surface area contributed by atoms with E-state index in [1.807, 2.05) is 7.05 Å². The summed E-state index contributed by atoms with van der Waals surface area (Å²) in [5.41, 5.74) is -1.21. The number of carboxylic acid groups (broad SMARTS) is 1. The zero-order valence-electron chi connectivity index (χ0n) is 12.0. The number of aliphatic carboxylic acids is 1. The van der Waals surface area contributed by atoms with Crippen molar-refractivity contribution in [1.82, 2.24) is 25.4 Å². The van der Waals surface area contributed by atoms with E-state index < -0.39 is 17.5 Å². The molecule has 3 N–H and O–H groups in total. The molecule has 20 heavy (non-hydrogen) atoms. The first kappa shape index (κ1) is 15.9. The predicted molar refractivity (Wildman–Crippen MR) is 72.2 cm³/mol. The van der Waals surface area contributed by atoms with E-state index >= 15 is 0 Å². The van der Waals surface area contributed by atoms with Crippen LogP contribution in [0.2, 0.25) is 0 Å². The lowest BCUT2D eigenvalue weighted by molar-refractivity contribution is -0.144. The van der Waals surface area contributed by atoms with Crippen molar-refractivity contribution in [2.24, 2.45) is 7.05 Å². The summed E-state index contributed by atoms with van der Waals surface area (Å²) < 4.78 is 1.76. The zero-order chi connectivity index (χ0) is 15.2. The zero-order valence-corrected chi connectivity index (χ0v) is 12.0. The van der Waals surface area contributed by atoms with Crippen molar-refractivity contribution in [2.45, 2.75) is 38.6 Å². The number of carbonyl (C=O) groups excluding carboxylic acids is 1. The molecular weight excluding hydrogens is 262 g/mol. The molecule has 0 aliphatic heterocycles. The van der Waals surface area contributed by atoms with E-state index in [0.29, 0.717) is 25.8 Å². The Bertz CT molecular complexity index is 467. The van der Waals surface area contributed by atoms with Crippen molar-refractivity contribution in [1.29, 1.82) is 0 Å². The van der Waals surface area contributed by atoms with E-state index in [9.17, 15) is 14.7 Å². The lowest BCUT2D eigenvalue weighted by Crippen LogP contribution is -2.56. The number of carboxylic acids is 1. The normalized spacial score (nSPS) is 11.2. The van der Waals surface area contributed by atoms with Crippen LogP contribution in [0.1, 0.15) is 32.5 Å². The molecule has 8 heteroatoms. The Kier molecular flexibility index (Phi) is 5.48. The van der Waals surface area contributed by atoms with Crippen molar-refractivity contribution < 1.29 is 14.7 Å². The Morgan fingerprint density at radius 2 is 2.05 bits per heavy atom. The molecular formula is C12H21N5O3. The monoisotopic (exact) mass is 283 g/mol. The predicted octanol–water partition coefficient (Wildman–Crippen LogP) is 0.300. The minimum Gasteiger partial charge on any atom is -0.480 e. The minimum absolute atomic E-state index is 0.329. The summed E-state index contributed by atoms with van der Waals surface area (Å²) in [6, 6.07) is -0.488. The van der Waals surface area contributed by atoms with Crippen LogP contribution in [0.3, 0.4) is 0 Å². The van der Waals surface area contributed by atoms with Crippen LogP contribution >= 0.6 is 0 Å². The van der Waals surface area contributed by atoms with Gasteiger partial charge in [-0.05, 0) is 12.8 Å². The molecule has 1 heterocycles. The molecule has 0 spiro atoms. The second-order valence-corrected chi connectivity index (χ2v) is 4.58. The highest BCUT2D eigenvalue weighted by molar-refractivity contribution is 5.86. The van der Waals surface area contributed by atoms with Gasteiger partial charge in [-0.2, -0.15) is 0 Å². The first-order valence-electron chi connectivity index (χ1n) is 6.57. The van der Waals surface area contributed by atoms with Crippen LogP contribution in [-0.4, -0.2) is 44.0 Å². The Morgan fingerprint density at radius 1 is 1.40 bits per heavy atom. The summed E-state index contributed by atoms with van der Waals surface area (Å²) in [5.74, 6) is -0.272. The summed E-state index contributed by atoms with van der Waals surface area (Å²) >= 11 is 0. The molecule has 1 aromatic heterocycles. The molecule has 1 rings (SSSR count). The van der Waals surface area contributed by atoms with Crippen molar-refractivity contribution in [3.05, 3.63) is 12.2 Å². The number of hydrogen-bond acceptors (Lipinski definition) is 4. The number of aromatic nitrogens is 3. The van der Waals surface area contributed by atoms with Crippen molar-refractivity contribution in [3.63, 3.8) is 0 Å². The van der Waals surface area contributed by atoms with Gasteiger partial charge in [0.05, 0.1) is 0 Å². The van der Waals surface area contributed by atoms with Crippen LogP contribution in [0, 0.1) is 0 Å². The number of urea groups is 1. The van der Waals surface area contributed by atoms with Crippen LogP contribution in [0.25, 0.3) is 0 Å². The van der Waals surface area contributed by atoms with Gasteiger partial charge in [-0.3, -0.25) is 0 Å². The largest absolute Gasteiger partial charge is 0.480 e. The van der Waals surface area contributed by atoms with Gasteiger partial charge in [0.15, 0.2) is 0 Å². The maximum Gasteiger partial charge on any atom is 0.329 e. The molecule has 1 aromatic rings. The van der Waals surface area contributed by atoms with Gasteiger partial charge in [-0.1, -0.05) is 13.8 Å². The maximum absolute atomic E-state index is 11.8. The molecule has 0 aliphatic rings. The van der Waals surface area contributed by atoms with E-state index in [0.717, 1.165) is 5.82 Å². The quantitative estimate of drug-likeness (QED) is 0.667. The second-order valence-electron chi connectivity index (χ2n) is 4.58. The average molecular weight is 283 g/mol. The number of nitrogens with one attached hydrogen (secondary N) is 2. The van der Waals surface area contributed by atoms with Crippen molar-refractivity contribution in [3.8, 4) is 0 Å². The molecule has 0 bridgehead atoms. The van der Waals surface area contributed by atoms with Gasteiger partial charge in [0.1, 0.15) is 17.7 Å². The molecule has 0 saturated heterocycles. The standard InChI is InChI=1S/C12H21N5O3/c1-4-12(5-2,10(18)19)15-11(20)13-7-6-9-16-14-8-17(9)3/h8H,4-7H2,1-3H3,(H,18,19)(H2,13,15,20). The first-order valence-corrected chi connectivity index (χ1v) is 6.57. The van der Waals surface area contributed by atoms with Crippen LogP contribution < -0.4 is 10.6 Å². The van der Waals surface area contributed by atoms with E-state index in [4.69, 9.17) is 0 Å². The third kappa shape index (κ3) is 3.69. The lowest BCUT2D eigenvalue weighted by Gasteiger charge is -2.28. The smallest absolute Gasteiger partial charge is 0.329 e. The summed E-state index contributed by atoms with van der Waals surface area (Å²) in [6.07, 6.45) is 2.77. The number of aryl methyl sites for hydroxylation is 1. The fourth-order valence-corrected chi connectivity index (χ4v) is 1.87. The van der Waals surface area contributed by atoms with Gasteiger partial charge in [0.25, 0.3) is 0 Å². The Morgan fingerprint density at radius 3 is 2.50 bits per heavy atom. The van der Waals surface area contributed by atoms with Crippen molar-refractivity contribution in [2.75, 3.05) is 6.54 Å². The van der Waals surface area contributed by atoms with Crippen molar-refractivity contribution >= 4 is 12.0 Å². The van der Waals surface area contributed by atoms with Gasteiger partial charge in [0.2, 0.25) is 0 Å². The fraction of sp³-hybridized carbons (Fsp3) is 0.667. The van der Waals surface area contributed by atoms with E-state index in [1.165, 1.54) is 0 Å². The average Bonchev–Trinajstić information content (AvgIpc) is 2.81. The molecule has 8 nitrogen and oxygen atoms in total. The van der Waals surface area contributed by atoms with Gasteiger partial charge < -0.3 is 20.3 Å². The highest BCUT2D eigenvalue weighted by Crippen LogP contribution is 2.15. The first-order chi connectivity index (χ1) is 9.45. The molecule has 0 aromatic carbocycles. The van der Waals surface area contributed by atoms with Crippen LogP contribution in [-0.2, 0) is 18.3 Å². The Labute approximate surface area is 117 Å². The number of rotatable bonds is 7. The molecule has 0 radical (unpaired) electrons. The molecule has 0 fully saturated rings. The van der Waals surface area contributed by atoms with Crippen LogP contribution in [0.15, 0.2) is 6.33 Å². The van der Waals surface area contributed by atoms with Gasteiger partial charge in [0, 0.05) is 20.0 Å². The topological polar surface area (TPSA) is 109 Å². The van der Waals surface area contributed by atoms with Crippen LogP contribution in [0.5, 0.6) is 0 Å². The molecule has 2 amide bonds. The lowest BCUT2D eigenvalue weighted by atomic mass is 9.93. The summed E-state index contributed by atoms with van der Waals surface area (Å²) in [7, 11) is 1.82. The summed E-state index contributed by atoms with van der Waals surface area (Å²) in [4.78, 5) is 23.0. The number of amides is 2. The SMILES string of the molecule is CCC(CC)(NC(=O)NCCc1nncn1C)C(=O)O. The third-order valence-electron chi connectivity index (χ3n) is 3.41. The summed E-state index contributed by atoms with van der Waals surface area (Å²) in [6.45, 7) is 3.83. The fourth-order valence-electron chi connectivity index (χ4n) is 1.87. The number of hydrogen-bond donors (Lipinski definition) is 3. The molecule has 0 saturated carbocycles. The summed E-state index contributed by atoms with van der Waals surface area (Å²) in [5, 5.41) is 22.0. The van der Waals surface area contributed by atoms with Gasteiger partial charge in [-0.15, -0.1) is 10.2 Å². The van der Waals surface area contributed by atoms with E-state index in [2.05, 4.69) is 20.8 Å². The highest BCUT2D eigenvalue weighted by Gasteiger charge is 2.36. The van der Waals surface area contributed by atoms with Gasteiger partial charge >= 0.3 is 12.0 Å². The maximum atomic E-state index is 11.8. The number of carbonyl (C=O) groups is 2. The third-order valence-corrected chi connectivity index (χ3v) is 3.41. The Balaban J connectivity index is 2.47. The minimum atomic E-state index is -1.21. The van der Waals surface area contributed by atoms with E-state index in [-0.39, 0.29) is 0 Å². The van der Waals surface area contributed by atoms with Crippen LogP contribution in [0.4, 0.5) is 4.79 Å². The molecule has 0 unspecified atom stereocenters. The molecule has 0 atom stereocenters. The van der Waals surface area contributed by atoms with E-state index in [1.54, 1.807) is 24.7 Å².